The van der Waals surface area contributed by atoms with E-state index >= 15 is 0 Å². The molecule has 2 aromatic rings. The predicted octanol–water partition coefficient (Wildman–Crippen LogP) is 2.79. The lowest BCUT2D eigenvalue weighted by molar-refractivity contribution is -0.0247. The third-order valence-corrected chi connectivity index (χ3v) is 4.43. The summed E-state index contributed by atoms with van der Waals surface area (Å²) in [4.78, 5) is 19.3. The van der Waals surface area contributed by atoms with E-state index in [9.17, 15) is 4.79 Å². The van der Waals surface area contributed by atoms with E-state index < -0.39 is 0 Å². The zero-order valence-corrected chi connectivity index (χ0v) is 15.5. The quantitative estimate of drug-likeness (QED) is 0.893. The van der Waals surface area contributed by atoms with Crippen molar-refractivity contribution in [3.05, 3.63) is 58.9 Å². The van der Waals surface area contributed by atoms with Gasteiger partial charge in [0.25, 0.3) is 5.91 Å². The molecule has 1 aliphatic heterocycles. The Kier molecular flexibility index (Phi) is 5.85. The number of nitrogens with one attached hydrogen (secondary N) is 1. The summed E-state index contributed by atoms with van der Waals surface area (Å²) < 4.78 is 11.0. The summed E-state index contributed by atoms with van der Waals surface area (Å²) in [5.41, 5.74) is 4.42. The number of hydrogen-bond donors (Lipinski definition) is 1. The highest BCUT2D eigenvalue weighted by atomic mass is 16.5. The van der Waals surface area contributed by atoms with Crippen molar-refractivity contribution in [2.24, 2.45) is 0 Å². The highest BCUT2D eigenvalue weighted by Crippen LogP contribution is 2.25. The first kappa shape index (κ1) is 18.4. The zero-order chi connectivity index (χ0) is 18.5. The number of hydrogen-bond acceptors (Lipinski definition) is 5. The molecule has 1 aromatic carbocycles. The van der Waals surface area contributed by atoms with E-state index in [4.69, 9.17) is 9.47 Å². The lowest BCUT2D eigenvalue weighted by atomic mass is 10.1. The van der Waals surface area contributed by atoms with E-state index in [-0.39, 0.29) is 12.0 Å². The zero-order valence-electron chi connectivity index (χ0n) is 15.5. The van der Waals surface area contributed by atoms with Gasteiger partial charge in [0.2, 0.25) is 0 Å². The summed E-state index contributed by atoms with van der Waals surface area (Å²) in [7, 11) is 3.53. The summed E-state index contributed by atoms with van der Waals surface area (Å²) in [5, 5.41) is 3.14. The van der Waals surface area contributed by atoms with Crippen molar-refractivity contribution in [3.8, 4) is 0 Å². The van der Waals surface area contributed by atoms with Crippen LogP contribution in [0.2, 0.25) is 0 Å². The molecule has 0 aliphatic carbocycles. The molecule has 0 bridgehead atoms. The number of aromatic nitrogens is 1. The first-order valence-electron chi connectivity index (χ1n) is 8.76. The van der Waals surface area contributed by atoms with Gasteiger partial charge in [-0.05, 0) is 36.8 Å². The minimum atomic E-state index is -0.221. The average molecular weight is 355 g/mol. The molecule has 0 spiro atoms. The van der Waals surface area contributed by atoms with Crippen LogP contribution in [-0.2, 0) is 16.1 Å². The molecule has 6 nitrogen and oxygen atoms in total. The van der Waals surface area contributed by atoms with Gasteiger partial charge in [-0.25, -0.2) is 0 Å². The molecule has 0 radical (unpaired) electrons. The molecule has 1 N–H and O–H groups in total. The van der Waals surface area contributed by atoms with Crippen LogP contribution in [0.15, 0.2) is 36.4 Å². The topological polar surface area (TPSA) is 63.7 Å². The van der Waals surface area contributed by atoms with Gasteiger partial charge in [0.15, 0.2) is 0 Å². The van der Waals surface area contributed by atoms with E-state index in [1.54, 1.807) is 7.11 Å². The maximum Gasteiger partial charge on any atom is 0.254 e. The number of aryl methyl sites for hydroxylation is 1. The second-order valence-corrected chi connectivity index (χ2v) is 6.42. The van der Waals surface area contributed by atoms with Crippen molar-refractivity contribution in [3.63, 3.8) is 0 Å². The summed E-state index contributed by atoms with van der Waals surface area (Å²) in [6, 6.07) is 11.5. The monoisotopic (exact) mass is 355 g/mol. The molecule has 1 aliphatic rings. The lowest BCUT2D eigenvalue weighted by Crippen LogP contribution is -2.42. The average Bonchev–Trinajstić information content (AvgIpc) is 2.67. The molecular formula is C20H25N3O3. The Morgan fingerprint density at radius 3 is 3.00 bits per heavy atom. The van der Waals surface area contributed by atoms with E-state index in [0.29, 0.717) is 31.9 Å². The van der Waals surface area contributed by atoms with Crippen LogP contribution in [0.3, 0.4) is 0 Å². The van der Waals surface area contributed by atoms with Gasteiger partial charge in [-0.2, -0.15) is 0 Å². The fourth-order valence-corrected chi connectivity index (χ4v) is 3.16. The number of rotatable bonds is 5. The van der Waals surface area contributed by atoms with Crippen molar-refractivity contribution < 1.29 is 14.3 Å². The van der Waals surface area contributed by atoms with E-state index in [2.05, 4.69) is 10.3 Å². The Morgan fingerprint density at radius 1 is 1.38 bits per heavy atom. The minimum Gasteiger partial charge on any atom is -0.388 e. The number of amides is 1. The molecule has 1 amide bonds. The Hall–Kier alpha value is -2.44. The minimum absolute atomic E-state index is 0.0118. The van der Waals surface area contributed by atoms with E-state index in [1.807, 2.05) is 55.3 Å². The first-order chi connectivity index (χ1) is 12.6. The van der Waals surface area contributed by atoms with Gasteiger partial charge in [-0.1, -0.05) is 12.1 Å². The van der Waals surface area contributed by atoms with Gasteiger partial charge in [0.1, 0.15) is 6.10 Å². The second-order valence-electron chi connectivity index (χ2n) is 6.42. The fraction of sp³-hybridized carbons (Fsp3) is 0.400. The van der Waals surface area contributed by atoms with Crippen LogP contribution < -0.4 is 5.32 Å². The lowest BCUT2D eigenvalue weighted by Gasteiger charge is -2.33. The van der Waals surface area contributed by atoms with Crippen LogP contribution in [0.4, 0.5) is 5.69 Å². The molecule has 3 rings (SSSR count). The largest absolute Gasteiger partial charge is 0.388 e. The predicted molar refractivity (Wildman–Crippen MR) is 100 cm³/mol. The normalized spacial score (nSPS) is 17.2. The molecule has 1 saturated heterocycles. The van der Waals surface area contributed by atoms with Crippen molar-refractivity contribution in [2.75, 3.05) is 39.2 Å². The molecule has 0 unspecified atom stereocenters. The van der Waals surface area contributed by atoms with Crippen molar-refractivity contribution in [1.29, 1.82) is 0 Å². The first-order valence-corrected chi connectivity index (χ1v) is 8.76. The van der Waals surface area contributed by atoms with Crippen LogP contribution in [0, 0.1) is 6.92 Å². The third kappa shape index (κ3) is 4.20. The second kappa shape index (κ2) is 8.29. The Balaban J connectivity index is 1.77. The number of morpholine rings is 1. The van der Waals surface area contributed by atoms with Crippen molar-refractivity contribution in [1.82, 2.24) is 9.88 Å². The molecule has 138 valence electrons. The van der Waals surface area contributed by atoms with Gasteiger partial charge in [-0.15, -0.1) is 0 Å². The number of nitrogens with zero attached hydrogens (tertiary/aromatic N) is 2. The Labute approximate surface area is 154 Å². The van der Waals surface area contributed by atoms with Gasteiger partial charge >= 0.3 is 0 Å². The molecule has 6 heteroatoms. The molecule has 2 heterocycles. The van der Waals surface area contributed by atoms with Crippen LogP contribution >= 0.6 is 0 Å². The Bertz CT molecular complexity index is 779. The van der Waals surface area contributed by atoms with Crippen LogP contribution in [0.5, 0.6) is 0 Å². The van der Waals surface area contributed by atoms with Crippen LogP contribution in [0.25, 0.3) is 0 Å². The number of benzene rings is 1. The SMILES string of the molecule is CNc1cc(C)nc([C@@H]2CN(C(=O)c3cccc(COC)c3)CCO2)c1. The van der Waals surface area contributed by atoms with Gasteiger partial charge in [0, 0.05) is 37.6 Å². The molecular weight excluding hydrogens is 330 g/mol. The molecule has 1 fully saturated rings. The van der Waals surface area contributed by atoms with Crippen LogP contribution in [-0.4, -0.2) is 49.6 Å². The number of carbonyl (C=O) groups is 1. The molecule has 1 aromatic heterocycles. The van der Waals surface area contributed by atoms with Gasteiger partial charge in [0.05, 0.1) is 25.5 Å². The van der Waals surface area contributed by atoms with Crippen molar-refractivity contribution >= 4 is 11.6 Å². The number of ether oxygens (including phenoxy) is 2. The van der Waals surface area contributed by atoms with Gasteiger partial charge in [-0.3, -0.25) is 9.78 Å². The highest BCUT2D eigenvalue weighted by Gasteiger charge is 2.27. The number of pyridine rings is 1. The summed E-state index contributed by atoms with van der Waals surface area (Å²) in [5.74, 6) is 0.0118. The standard InChI is InChI=1S/C20H25N3O3/c1-14-9-17(21-2)11-18(22-14)19-12-23(7-8-26-19)20(24)16-6-4-5-15(10-16)13-25-3/h4-6,9-11,19H,7-8,12-13H2,1-3H3,(H,21,22)/t19-/m0/s1. The molecule has 26 heavy (non-hydrogen) atoms. The maximum absolute atomic E-state index is 12.9. The van der Waals surface area contributed by atoms with E-state index in [1.165, 1.54) is 0 Å². The highest BCUT2D eigenvalue weighted by molar-refractivity contribution is 5.94. The van der Waals surface area contributed by atoms with Crippen molar-refractivity contribution in [2.45, 2.75) is 19.6 Å². The fourth-order valence-electron chi connectivity index (χ4n) is 3.16. The number of methoxy groups -OCH3 is 1. The molecule has 1 atom stereocenters. The number of carbonyl (C=O) groups excluding carboxylic acids is 1. The van der Waals surface area contributed by atoms with E-state index in [0.717, 1.165) is 22.6 Å². The molecule has 0 saturated carbocycles. The van der Waals surface area contributed by atoms with Crippen LogP contribution in [0.1, 0.15) is 33.4 Å². The van der Waals surface area contributed by atoms with Gasteiger partial charge < -0.3 is 19.7 Å². The Morgan fingerprint density at radius 2 is 2.23 bits per heavy atom. The smallest absolute Gasteiger partial charge is 0.254 e. The summed E-state index contributed by atoms with van der Waals surface area (Å²) in [6.07, 6.45) is -0.221. The maximum atomic E-state index is 12.9. The number of anilines is 1. The summed E-state index contributed by atoms with van der Waals surface area (Å²) >= 11 is 0. The summed E-state index contributed by atoms with van der Waals surface area (Å²) in [6.45, 7) is 4.02. The third-order valence-electron chi connectivity index (χ3n) is 4.43.